The Hall–Kier alpha value is -8.95. The van der Waals surface area contributed by atoms with Gasteiger partial charge in [0.1, 0.15) is 62.0 Å². The molecule has 25 nitrogen and oxygen atoms in total. The summed E-state index contributed by atoms with van der Waals surface area (Å²) in [7, 11) is -25.8. The molecule has 0 saturated heterocycles. The highest BCUT2D eigenvalue weighted by atomic mass is 32.2. The van der Waals surface area contributed by atoms with Gasteiger partial charge in [-0.25, -0.2) is 42.1 Å². The summed E-state index contributed by atoms with van der Waals surface area (Å²) in [5, 5.41) is 25.4. The number of nitrogens with one attached hydrogen (secondary N) is 2. The van der Waals surface area contributed by atoms with Crippen LogP contribution in [0.4, 0.5) is 34.1 Å². The van der Waals surface area contributed by atoms with Crippen LogP contribution in [0.2, 0.25) is 0 Å². The van der Waals surface area contributed by atoms with Crippen molar-refractivity contribution in [1.82, 2.24) is 0 Å². The maximum Gasteiger partial charge on any atom is 0.215 e. The van der Waals surface area contributed by atoms with E-state index >= 15 is 0 Å². The zero-order valence-electron chi connectivity index (χ0n) is 39.6. The minimum atomic E-state index is -5.44. The Morgan fingerprint density at radius 2 is 0.988 bits per heavy atom. The van der Waals surface area contributed by atoms with E-state index in [4.69, 9.17) is 0 Å². The smallest absolute Gasteiger partial charge is 0.215 e. The Kier molecular flexibility index (Phi) is 13.6. The van der Waals surface area contributed by atoms with Crippen molar-refractivity contribution in [1.29, 1.82) is 0 Å². The fraction of sp³-hybridized carbons (Fsp3) is 0. The van der Waals surface area contributed by atoms with Crippen LogP contribution in [0.1, 0.15) is 27.0 Å². The first-order valence-corrected chi connectivity index (χ1v) is 29.4. The standard InChI is InChI=1S/C50H32N8O17S5/c59-44-19-9-26-20-30(76(61,62)63)11-13-32(26)48(44)57-51-28-10-8-27-21-47(80(73,74)75)49(50(60)37(27)22-28)58-56-43-18-17-42(35-14-12-31(25-38(35)43)77(64,65)66)55-54-41-16-15-40(33-4-1-2-5-34(33)41)53-52-29-23-39-36(46(24-29)79(70,71)72)6-3-7-45(39)78(67,68)69/h1-25,51,56H,(H,61,62,63)(H,64,65,66)(H,67,68,69)(H,70,71,72)(H,73,74,75)/p-5. The molecule has 0 unspecified atom stereocenters. The van der Waals surface area contributed by atoms with Gasteiger partial charge in [-0.05, 0) is 102 Å². The summed E-state index contributed by atoms with van der Waals surface area (Å²) < 4.78 is 182. The molecule has 0 amide bonds. The van der Waals surface area contributed by atoms with Gasteiger partial charge >= 0.3 is 0 Å². The molecule has 0 radical (unpaired) electrons. The van der Waals surface area contributed by atoms with E-state index in [9.17, 15) is 74.4 Å². The molecular formula is C50H27N8O17S5-5. The van der Waals surface area contributed by atoms with Crippen molar-refractivity contribution in [2.45, 2.75) is 19.6 Å². The molecule has 0 saturated carbocycles. The monoisotopic (exact) mass is 1170 g/mol. The lowest BCUT2D eigenvalue weighted by molar-refractivity contribution is -0.108. The molecule has 404 valence electrons. The van der Waals surface area contributed by atoms with Gasteiger partial charge in [0, 0.05) is 43.4 Å². The van der Waals surface area contributed by atoms with Crippen molar-refractivity contribution in [3.63, 3.8) is 0 Å². The van der Waals surface area contributed by atoms with Gasteiger partial charge < -0.3 is 22.8 Å². The average Bonchev–Trinajstić information content (AvgIpc) is 3.42. The third kappa shape index (κ3) is 10.8. The molecule has 30 heteroatoms. The normalized spacial score (nSPS) is 15.3. The van der Waals surface area contributed by atoms with Crippen molar-refractivity contribution < 1.29 is 74.4 Å². The number of anilines is 2. The van der Waals surface area contributed by atoms with Gasteiger partial charge in [-0.1, -0.05) is 60.7 Å². The summed E-state index contributed by atoms with van der Waals surface area (Å²) in [6, 6.07) is 27.5. The lowest BCUT2D eigenvalue weighted by atomic mass is 9.94. The van der Waals surface area contributed by atoms with Crippen LogP contribution in [0.3, 0.4) is 0 Å². The number of nitrogens with zero attached hydrogens (tertiary/aromatic N) is 6. The molecule has 0 bridgehead atoms. The summed E-state index contributed by atoms with van der Waals surface area (Å²) in [4.78, 5) is 23.0. The number of azo groups is 2. The first-order valence-electron chi connectivity index (χ1n) is 22.4. The Morgan fingerprint density at radius 3 is 1.62 bits per heavy atom. The number of hydrogen-bond acceptors (Lipinski definition) is 25. The fourth-order valence-corrected chi connectivity index (χ4v) is 11.6. The van der Waals surface area contributed by atoms with Gasteiger partial charge in [0.15, 0.2) is 0 Å². The molecule has 0 spiro atoms. The largest absolute Gasteiger partial charge is 0.744 e. The summed E-state index contributed by atoms with van der Waals surface area (Å²) >= 11 is 0. The van der Waals surface area contributed by atoms with Gasteiger partial charge in [-0.3, -0.25) is 20.4 Å². The van der Waals surface area contributed by atoms with Crippen LogP contribution in [0.25, 0.3) is 44.5 Å². The number of hydrogen-bond donors (Lipinski definition) is 2. The summed E-state index contributed by atoms with van der Waals surface area (Å²) in [5.74, 6) is -1.71. The average molecular weight is 1170 g/mol. The van der Waals surface area contributed by atoms with Crippen LogP contribution in [0.15, 0.2) is 195 Å². The lowest BCUT2D eigenvalue weighted by Gasteiger charge is -2.21. The number of hydrazone groups is 2. The predicted octanol–water partition coefficient (Wildman–Crippen LogP) is 7.56. The number of benzene rings is 8. The molecule has 80 heavy (non-hydrogen) atoms. The maximum absolute atomic E-state index is 14.1. The number of carbonyl (C=O) groups is 2. The highest BCUT2D eigenvalue weighted by Crippen LogP contribution is 2.40. The minimum Gasteiger partial charge on any atom is -0.744 e. The molecule has 0 fully saturated rings. The number of Topliss-reactive ketones (excluding diaryl/α,β-unsaturated/α-hetero) is 1. The Balaban J connectivity index is 0.971. The van der Waals surface area contributed by atoms with Crippen LogP contribution in [0, 0.1) is 0 Å². The van der Waals surface area contributed by atoms with E-state index in [-0.39, 0.29) is 83.6 Å². The minimum absolute atomic E-state index is 0.0414. The zero-order valence-corrected chi connectivity index (χ0v) is 43.7. The van der Waals surface area contributed by atoms with Gasteiger partial charge in [0.05, 0.1) is 58.6 Å². The Bertz CT molecular complexity index is 4910. The second kappa shape index (κ2) is 20.1. The molecule has 10 rings (SSSR count). The zero-order chi connectivity index (χ0) is 57.3. The topological polar surface area (TPSA) is 418 Å². The van der Waals surface area contributed by atoms with Crippen LogP contribution >= 0.6 is 0 Å². The van der Waals surface area contributed by atoms with Crippen LogP contribution in [-0.4, -0.2) is 87.8 Å². The van der Waals surface area contributed by atoms with E-state index in [1.54, 1.807) is 24.3 Å². The van der Waals surface area contributed by atoms with Crippen molar-refractivity contribution >= 4 is 152 Å². The Labute approximate surface area is 451 Å². The van der Waals surface area contributed by atoms with Crippen LogP contribution in [-0.2, 0) is 55.4 Å². The number of carbonyl (C=O) groups excluding carboxylic acids is 2. The first-order chi connectivity index (χ1) is 37.6. The first kappa shape index (κ1) is 54.4. The van der Waals surface area contributed by atoms with Crippen molar-refractivity contribution in [2.24, 2.45) is 30.7 Å². The highest BCUT2D eigenvalue weighted by Gasteiger charge is 2.30. The lowest BCUT2D eigenvalue weighted by Crippen LogP contribution is -2.27. The van der Waals surface area contributed by atoms with Gasteiger partial charge in [0.25, 0.3) is 0 Å². The number of fused-ring (bicyclic) bond motifs is 5. The van der Waals surface area contributed by atoms with Gasteiger partial charge in [-0.2, -0.15) is 15.3 Å². The van der Waals surface area contributed by atoms with E-state index in [0.717, 1.165) is 66.7 Å². The molecule has 2 aliphatic rings. The van der Waals surface area contributed by atoms with Crippen LogP contribution < -0.4 is 10.9 Å². The van der Waals surface area contributed by atoms with Crippen molar-refractivity contribution in [2.75, 3.05) is 10.9 Å². The van der Waals surface area contributed by atoms with Crippen LogP contribution in [0.5, 0.6) is 0 Å². The highest BCUT2D eigenvalue weighted by molar-refractivity contribution is 7.91. The molecule has 0 atom stereocenters. The van der Waals surface area contributed by atoms with E-state index in [0.29, 0.717) is 10.8 Å². The molecule has 0 heterocycles. The second-order valence-corrected chi connectivity index (χ2v) is 24.0. The van der Waals surface area contributed by atoms with Crippen molar-refractivity contribution in [3.8, 4) is 0 Å². The maximum atomic E-state index is 14.1. The molecule has 2 N–H and O–H groups in total. The molecular weight excluding hydrogens is 1140 g/mol. The number of ketones is 2. The molecule has 2 aliphatic carbocycles. The van der Waals surface area contributed by atoms with E-state index in [1.807, 2.05) is 0 Å². The predicted molar refractivity (Wildman–Crippen MR) is 282 cm³/mol. The van der Waals surface area contributed by atoms with E-state index in [1.165, 1.54) is 60.7 Å². The summed E-state index contributed by atoms with van der Waals surface area (Å²) in [5.41, 5.74) is 4.19. The molecule has 8 aromatic rings. The fourth-order valence-electron chi connectivity index (χ4n) is 8.58. The quantitative estimate of drug-likeness (QED) is 0.0638. The molecule has 8 aromatic carbocycles. The third-order valence-corrected chi connectivity index (χ3v) is 16.5. The Morgan fingerprint density at radius 1 is 0.400 bits per heavy atom. The summed E-state index contributed by atoms with van der Waals surface area (Å²) in [6.45, 7) is 0. The van der Waals surface area contributed by atoms with Gasteiger partial charge in [-0.15, -0.1) is 15.3 Å². The van der Waals surface area contributed by atoms with Gasteiger partial charge in [0.2, 0.25) is 11.6 Å². The van der Waals surface area contributed by atoms with E-state index in [2.05, 4.69) is 41.5 Å². The molecule has 0 aromatic heterocycles. The molecule has 0 aliphatic heterocycles. The summed E-state index contributed by atoms with van der Waals surface area (Å²) in [6.07, 6.45) is 3.28. The SMILES string of the molecule is O=C1C=Cc2cc(S(=O)(=O)[O-])ccc2C1=NNc1ccc2c(c1)C(=O)C(=NNc1ccc(N=Nc3ccc(N=Nc4cc(S(=O)(=O)[O-])c5cccc(S(=O)(=O)[O-])c5c4)c4ccccc34)c3ccc(S(=O)(=O)[O-])cc13)C(S(=O)(=O)[O-])=C2. The number of rotatable bonds is 13. The van der Waals surface area contributed by atoms with Crippen molar-refractivity contribution in [3.05, 3.63) is 167 Å². The third-order valence-electron chi connectivity index (χ3n) is 12.2. The number of allylic oxidation sites excluding steroid dienone is 2. The van der Waals surface area contributed by atoms with E-state index < -0.39 is 92.4 Å². The second-order valence-electron chi connectivity index (χ2n) is 17.2.